The lowest BCUT2D eigenvalue weighted by atomic mass is 9.65. The van der Waals surface area contributed by atoms with Gasteiger partial charge in [0.05, 0.1) is 29.1 Å². The van der Waals surface area contributed by atoms with E-state index >= 15 is 0 Å². The lowest BCUT2D eigenvalue weighted by Crippen LogP contribution is -2.40. The van der Waals surface area contributed by atoms with E-state index in [0.717, 1.165) is 5.69 Å². The Morgan fingerprint density at radius 1 is 1.11 bits per heavy atom. The fraction of sp³-hybridized carbons (Fsp3) is 0.300. The molecule has 3 N–H and O–H groups in total. The molecule has 0 aromatic heterocycles. The Morgan fingerprint density at radius 2 is 1.78 bits per heavy atom. The number of anilines is 1. The highest BCUT2D eigenvalue weighted by Gasteiger charge is 2.52. The van der Waals surface area contributed by atoms with Crippen LogP contribution in [0.3, 0.4) is 0 Å². The first-order valence-electron chi connectivity index (χ1n) is 8.39. The lowest BCUT2D eigenvalue weighted by Gasteiger charge is -2.39. The minimum Gasteiger partial charge on any atom is -0.444 e. The number of benzene rings is 1. The van der Waals surface area contributed by atoms with Gasteiger partial charge < -0.3 is 10.5 Å². The lowest BCUT2D eigenvalue weighted by molar-refractivity contribution is 0.210. The van der Waals surface area contributed by atoms with Crippen LogP contribution in [0.25, 0.3) is 0 Å². The van der Waals surface area contributed by atoms with Crippen molar-refractivity contribution >= 4 is 11.4 Å². The quantitative estimate of drug-likeness (QED) is 0.780. The third-order valence-electron chi connectivity index (χ3n) is 4.62. The molecule has 0 atom stereocenters. The monoisotopic (exact) mass is 358 g/mol. The van der Waals surface area contributed by atoms with Crippen LogP contribution in [0.15, 0.2) is 58.2 Å². The number of nitrogens with two attached hydrogens (primary N) is 1. The Hall–Kier alpha value is -3.76. The van der Waals surface area contributed by atoms with Crippen LogP contribution in [0, 0.1) is 44.8 Å². The van der Waals surface area contributed by atoms with Crippen LogP contribution in [0.2, 0.25) is 0 Å². The molecule has 27 heavy (non-hydrogen) atoms. The van der Waals surface area contributed by atoms with Crippen LogP contribution in [0.1, 0.15) is 26.7 Å². The molecule has 3 rings (SSSR count). The molecule has 134 valence electrons. The van der Waals surface area contributed by atoms with Crippen molar-refractivity contribution in [1.82, 2.24) is 0 Å². The average molecular weight is 358 g/mol. The molecule has 0 saturated carbocycles. The molecule has 0 radical (unpaired) electrons. The number of ether oxygens (including phenoxy) is 1. The number of rotatable bonds is 2. The van der Waals surface area contributed by atoms with Crippen LogP contribution >= 0.6 is 0 Å². The molecule has 1 heterocycles. The smallest absolute Gasteiger partial charge is 0.213 e. The summed E-state index contributed by atoms with van der Waals surface area (Å²) in [4.78, 5) is 0. The Balaban J connectivity index is 2.17. The molecular weight excluding hydrogens is 340 g/mol. The van der Waals surface area contributed by atoms with Gasteiger partial charge in [0.25, 0.3) is 0 Å². The second kappa shape index (κ2) is 6.52. The first kappa shape index (κ1) is 18.0. The van der Waals surface area contributed by atoms with E-state index < -0.39 is 5.41 Å². The van der Waals surface area contributed by atoms with E-state index in [0.29, 0.717) is 29.9 Å². The molecule has 0 unspecified atom stereocenters. The van der Waals surface area contributed by atoms with E-state index in [2.05, 4.69) is 10.5 Å². The number of hydrogen-bond donors (Lipinski definition) is 2. The summed E-state index contributed by atoms with van der Waals surface area (Å²) in [6.45, 7) is 4.08. The second-order valence-electron chi connectivity index (χ2n) is 7.28. The van der Waals surface area contributed by atoms with Crippen molar-refractivity contribution < 1.29 is 4.74 Å². The summed E-state index contributed by atoms with van der Waals surface area (Å²) >= 11 is 0. The molecule has 1 aromatic carbocycles. The summed E-state index contributed by atoms with van der Waals surface area (Å²) in [6.07, 6.45) is 0.996. The molecule has 2 aliphatic rings. The summed E-state index contributed by atoms with van der Waals surface area (Å²) in [5.74, 6) is 0.215. The average Bonchev–Trinajstić information content (AvgIpc) is 2.64. The van der Waals surface area contributed by atoms with Crippen LogP contribution in [-0.2, 0) is 4.74 Å². The second-order valence-corrected chi connectivity index (χ2v) is 7.28. The van der Waals surface area contributed by atoms with Gasteiger partial charge in [-0.3, -0.25) is 5.43 Å². The van der Waals surface area contributed by atoms with Crippen molar-refractivity contribution in [2.45, 2.75) is 26.7 Å². The molecule has 1 aromatic rings. The number of nitrogens with zero attached hydrogens (tertiary/aromatic N) is 4. The summed E-state index contributed by atoms with van der Waals surface area (Å²) < 4.78 is 5.67. The molecule has 7 heteroatoms. The van der Waals surface area contributed by atoms with E-state index in [1.54, 1.807) is 0 Å². The zero-order valence-electron chi connectivity index (χ0n) is 15.1. The number of nitrogens with one attached hydrogen (secondary N) is 1. The van der Waals surface area contributed by atoms with Crippen LogP contribution in [0.5, 0.6) is 0 Å². The predicted octanol–water partition coefficient (Wildman–Crippen LogP) is 3.29. The van der Waals surface area contributed by atoms with E-state index in [4.69, 9.17) is 10.5 Å². The van der Waals surface area contributed by atoms with E-state index in [-0.39, 0.29) is 16.9 Å². The predicted molar refractivity (Wildman–Crippen MR) is 99.1 cm³/mol. The van der Waals surface area contributed by atoms with Crippen LogP contribution in [-0.4, -0.2) is 5.71 Å². The fourth-order valence-corrected chi connectivity index (χ4v) is 3.42. The summed E-state index contributed by atoms with van der Waals surface area (Å²) in [6, 6.07) is 15.2. The Kier molecular flexibility index (Phi) is 4.35. The Labute approximate surface area is 157 Å². The molecule has 0 spiro atoms. The van der Waals surface area contributed by atoms with Gasteiger partial charge >= 0.3 is 0 Å². The van der Waals surface area contributed by atoms with Crippen molar-refractivity contribution in [2.24, 2.45) is 21.7 Å². The standard InChI is InChI=1S/C20H18N6O/c1-19(2)8-15(26-25-13-6-4-3-5-7-13)17-16(9-19)27-18(24)14(10-21)20(17,11-22)12-23/h3-7,25H,8-9,24H2,1-2H3/b26-15+. The first-order chi connectivity index (χ1) is 12.9. The number of hydrazone groups is 1. The topological polar surface area (TPSA) is 131 Å². The summed E-state index contributed by atoms with van der Waals surface area (Å²) in [5, 5.41) is 33.7. The van der Waals surface area contributed by atoms with Gasteiger partial charge in [-0.1, -0.05) is 32.0 Å². The molecule has 0 amide bonds. The zero-order chi connectivity index (χ0) is 19.7. The third-order valence-corrected chi connectivity index (χ3v) is 4.62. The summed E-state index contributed by atoms with van der Waals surface area (Å²) in [7, 11) is 0. The van der Waals surface area contributed by atoms with Crippen molar-refractivity contribution in [3.05, 3.63) is 53.1 Å². The fourth-order valence-electron chi connectivity index (χ4n) is 3.42. The maximum atomic E-state index is 9.85. The number of allylic oxidation sites excluding steroid dienone is 3. The van der Waals surface area contributed by atoms with Crippen LogP contribution in [0.4, 0.5) is 5.69 Å². The maximum Gasteiger partial charge on any atom is 0.213 e. The van der Waals surface area contributed by atoms with Gasteiger partial charge in [-0.2, -0.15) is 20.9 Å². The highest BCUT2D eigenvalue weighted by molar-refractivity contribution is 6.05. The zero-order valence-corrected chi connectivity index (χ0v) is 15.1. The molecule has 7 nitrogen and oxygen atoms in total. The van der Waals surface area contributed by atoms with Gasteiger partial charge in [-0.05, 0) is 24.0 Å². The Morgan fingerprint density at radius 3 is 2.37 bits per heavy atom. The first-order valence-corrected chi connectivity index (χ1v) is 8.39. The van der Waals surface area contributed by atoms with Gasteiger partial charge in [-0.15, -0.1) is 0 Å². The summed E-state index contributed by atoms with van der Waals surface area (Å²) in [5.41, 5.74) is 8.18. The van der Waals surface area contributed by atoms with Gasteiger partial charge in [0.1, 0.15) is 17.4 Å². The number of nitriles is 3. The molecule has 0 fully saturated rings. The van der Waals surface area contributed by atoms with Gasteiger partial charge in [0, 0.05) is 6.42 Å². The maximum absolute atomic E-state index is 9.85. The minimum atomic E-state index is -1.83. The number of hydrogen-bond acceptors (Lipinski definition) is 7. The van der Waals surface area contributed by atoms with Gasteiger partial charge in [-0.25, -0.2) is 0 Å². The van der Waals surface area contributed by atoms with Crippen molar-refractivity contribution in [3.8, 4) is 18.2 Å². The van der Waals surface area contributed by atoms with Gasteiger partial charge in [0.2, 0.25) is 11.3 Å². The largest absolute Gasteiger partial charge is 0.444 e. The SMILES string of the molecule is CC1(C)CC2=C(/C(=N/Nc3ccccc3)C1)C(C#N)(C#N)C(C#N)=C(N)O2. The van der Waals surface area contributed by atoms with Gasteiger partial charge in [0.15, 0.2) is 0 Å². The van der Waals surface area contributed by atoms with E-state index in [1.165, 1.54) is 0 Å². The highest BCUT2D eigenvalue weighted by atomic mass is 16.5. The molecule has 1 aliphatic heterocycles. The minimum absolute atomic E-state index is 0.196. The van der Waals surface area contributed by atoms with E-state index in [9.17, 15) is 15.8 Å². The van der Waals surface area contributed by atoms with Crippen LogP contribution < -0.4 is 11.2 Å². The van der Waals surface area contributed by atoms with E-state index in [1.807, 2.05) is 62.4 Å². The molecule has 0 saturated heterocycles. The van der Waals surface area contributed by atoms with Crippen molar-refractivity contribution in [1.29, 1.82) is 15.8 Å². The van der Waals surface area contributed by atoms with Crippen molar-refractivity contribution in [2.75, 3.05) is 5.43 Å². The van der Waals surface area contributed by atoms with Crippen molar-refractivity contribution in [3.63, 3.8) is 0 Å². The Bertz CT molecular complexity index is 982. The molecule has 0 bridgehead atoms. The molecular formula is C20H18N6O. The molecule has 1 aliphatic carbocycles. The number of para-hydroxylation sites is 1. The highest BCUT2D eigenvalue weighted by Crippen LogP contribution is 2.50. The third kappa shape index (κ3) is 2.99. The normalized spacial score (nSPS) is 21.4.